The normalized spacial score (nSPS) is 18.9. The number of fused-ring (bicyclic) bond motifs is 1. The number of allylic oxidation sites excluding steroid dienone is 1. The predicted octanol–water partition coefficient (Wildman–Crippen LogP) is 7.57. The van der Waals surface area contributed by atoms with Gasteiger partial charge in [0.15, 0.2) is 0 Å². The van der Waals surface area contributed by atoms with E-state index < -0.39 is 0 Å². The van der Waals surface area contributed by atoms with Crippen LogP contribution in [0.1, 0.15) is 87.7 Å². The van der Waals surface area contributed by atoms with Crippen LogP contribution >= 0.6 is 0 Å². The fraction of sp³-hybridized carbons (Fsp3) is 0.471. The Hall–Kier alpha value is -2.62. The first kappa shape index (κ1) is 26.0. The van der Waals surface area contributed by atoms with E-state index in [4.69, 9.17) is 5.73 Å². The molecule has 3 heteroatoms. The van der Waals surface area contributed by atoms with E-state index in [2.05, 4.69) is 89.5 Å². The van der Waals surface area contributed by atoms with Crippen LogP contribution in [0.15, 0.2) is 84.6 Å². The molecule has 37 heavy (non-hydrogen) atoms. The standard InChI is InChI=1S/C34H45N3/c35-32(22-12-13-26-23-24-27-14-10-11-17-29(27)25-26)33(28-15-4-1-5-16-28)34(36-30-18-6-2-7-19-30)37-31-20-8-3-9-21-31/h1,4-5,10-11,14-17,22-25,30-31,33-34,36-37H,2-3,6-9,12-13,18-21,35H2/b32-22+. The van der Waals surface area contributed by atoms with Gasteiger partial charge in [0, 0.05) is 17.8 Å². The first-order chi connectivity index (χ1) is 18.3. The van der Waals surface area contributed by atoms with Crippen LogP contribution < -0.4 is 16.4 Å². The minimum absolute atomic E-state index is 0.127. The topological polar surface area (TPSA) is 50.1 Å². The lowest BCUT2D eigenvalue weighted by Crippen LogP contribution is -2.55. The summed E-state index contributed by atoms with van der Waals surface area (Å²) >= 11 is 0. The van der Waals surface area contributed by atoms with Crippen LogP contribution in [0.2, 0.25) is 0 Å². The van der Waals surface area contributed by atoms with E-state index in [0.29, 0.717) is 12.1 Å². The Kier molecular flexibility index (Phi) is 9.32. The molecule has 3 aromatic carbocycles. The minimum Gasteiger partial charge on any atom is -0.402 e. The van der Waals surface area contributed by atoms with Gasteiger partial charge in [-0.1, -0.05) is 117 Å². The zero-order chi connectivity index (χ0) is 25.3. The summed E-state index contributed by atoms with van der Waals surface area (Å²) in [5, 5.41) is 10.8. The van der Waals surface area contributed by atoms with Crippen LogP contribution in [-0.2, 0) is 6.42 Å². The molecule has 0 amide bonds. The Morgan fingerprint density at radius 1 is 0.730 bits per heavy atom. The van der Waals surface area contributed by atoms with Gasteiger partial charge in [0.05, 0.1) is 12.1 Å². The molecule has 1 atom stereocenters. The van der Waals surface area contributed by atoms with Gasteiger partial charge < -0.3 is 5.73 Å². The number of rotatable bonds is 10. The zero-order valence-corrected chi connectivity index (χ0v) is 22.4. The molecule has 196 valence electrons. The Morgan fingerprint density at radius 2 is 1.32 bits per heavy atom. The van der Waals surface area contributed by atoms with Gasteiger partial charge in [-0.3, -0.25) is 10.6 Å². The molecule has 0 aliphatic heterocycles. The fourth-order valence-corrected chi connectivity index (χ4v) is 6.45. The van der Waals surface area contributed by atoms with Crippen molar-refractivity contribution >= 4 is 10.8 Å². The van der Waals surface area contributed by atoms with Gasteiger partial charge in [-0.15, -0.1) is 0 Å². The van der Waals surface area contributed by atoms with E-state index >= 15 is 0 Å². The van der Waals surface area contributed by atoms with E-state index in [0.717, 1.165) is 18.5 Å². The molecule has 0 heterocycles. The first-order valence-corrected chi connectivity index (χ1v) is 14.8. The molecule has 0 saturated heterocycles. The van der Waals surface area contributed by atoms with Gasteiger partial charge in [0.1, 0.15) is 0 Å². The summed E-state index contributed by atoms with van der Waals surface area (Å²) in [7, 11) is 0. The highest BCUT2D eigenvalue weighted by Crippen LogP contribution is 2.29. The molecule has 3 nitrogen and oxygen atoms in total. The first-order valence-electron chi connectivity index (χ1n) is 14.8. The lowest BCUT2D eigenvalue weighted by molar-refractivity contribution is 0.247. The molecule has 3 aromatic rings. The highest BCUT2D eigenvalue weighted by atomic mass is 15.2. The maximum absolute atomic E-state index is 7.00. The summed E-state index contributed by atoms with van der Waals surface area (Å²) in [5.41, 5.74) is 10.7. The Balaban J connectivity index is 1.36. The van der Waals surface area contributed by atoms with Gasteiger partial charge in [-0.25, -0.2) is 0 Å². The summed E-state index contributed by atoms with van der Waals surface area (Å²) in [4.78, 5) is 0. The van der Waals surface area contributed by atoms with Crippen molar-refractivity contribution in [2.45, 2.75) is 101 Å². The summed E-state index contributed by atoms with van der Waals surface area (Å²) < 4.78 is 0. The summed E-state index contributed by atoms with van der Waals surface area (Å²) in [5.74, 6) is 0.127. The van der Waals surface area contributed by atoms with Crippen LogP contribution in [0.5, 0.6) is 0 Å². The molecule has 0 radical (unpaired) electrons. The van der Waals surface area contributed by atoms with Crippen molar-refractivity contribution in [2.75, 3.05) is 0 Å². The largest absolute Gasteiger partial charge is 0.402 e. The maximum Gasteiger partial charge on any atom is 0.0702 e. The molecule has 0 spiro atoms. The van der Waals surface area contributed by atoms with Crippen molar-refractivity contribution in [3.8, 4) is 0 Å². The molecule has 0 bridgehead atoms. The van der Waals surface area contributed by atoms with Crippen molar-refractivity contribution in [2.24, 2.45) is 5.73 Å². The summed E-state index contributed by atoms with van der Waals surface area (Å²) in [6.07, 6.45) is 17.6. The third-order valence-corrected chi connectivity index (χ3v) is 8.52. The average molecular weight is 496 g/mol. The van der Waals surface area contributed by atoms with Gasteiger partial charge in [-0.2, -0.15) is 0 Å². The second-order valence-electron chi connectivity index (χ2n) is 11.3. The average Bonchev–Trinajstić information content (AvgIpc) is 2.95. The summed E-state index contributed by atoms with van der Waals surface area (Å²) in [6, 6.07) is 27.5. The summed E-state index contributed by atoms with van der Waals surface area (Å²) in [6.45, 7) is 0. The van der Waals surface area contributed by atoms with Crippen LogP contribution in [0.4, 0.5) is 0 Å². The van der Waals surface area contributed by atoms with Crippen LogP contribution in [0, 0.1) is 0 Å². The Morgan fingerprint density at radius 3 is 1.97 bits per heavy atom. The molecule has 2 fully saturated rings. The van der Waals surface area contributed by atoms with Gasteiger partial charge in [0.25, 0.3) is 0 Å². The second kappa shape index (κ2) is 13.3. The molecule has 1 unspecified atom stereocenters. The number of hydrogen-bond acceptors (Lipinski definition) is 3. The Bertz CT molecular complexity index is 1110. The number of nitrogens with one attached hydrogen (secondary N) is 2. The number of benzene rings is 3. The number of nitrogens with two attached hydrogens (primary N) is 1. The maximum atomic E-state index is 7.00. The third-order valence-electron chi connectivity index (χ3n) is 8.52. The minimum atomic E-state index is 0.127. The van der Waals surface area contributed by atoms with Crippen LogP contribution in [-0.4, -0.2) is 18.2 Å². The highest BCUT2D eigenvalue weighted by molar-refractivity contribution is 5.82. The fourth-order valence-electron chi connectivity index (χ4n) is 6.45. The van der Waals surface area contributed by atoms with Crippen LogP contribution in [0.25, 0.3) is 10.8 Å². The van der Waals surface area contributed by atoms with Crippen molar-refractivity contribution in [3.63, 3.8) is 0 Å². The number of hydrogen-bond donors (Lipinski definition) is 3. The third kappa shape index (κ3) is 7.24. The lowest BCUT2D eigenvalue weighted by Gasteiger charge is -2.38. The van der Waals surface area contributed by atoms with E-state index in [1.165, 1.54) is 86.1 Å². The molecule has 2 aliphatic rings. The smallest absolute Gasteiger partial charge is 0.0702 e. The van der Waals surface area contributed by atoms with Crippen molar-refractivity contribution in [1.82, 2.24) is 10.6 Å². The molecule has 0 aromatic heterocycles. The van der Waals surface area contributed by atoms with Crippen LogP contribution in [0.3, 0.4) is 0 Å². The molecule has 4 N–H and O–H groups in total. The highest BCUT2D eigenvalue weighted by Gasteiger charge is 2.30. The van der Waals surface area contributed by atoms with Crippen molar-refractivity contribution in [3.05, 3.63) is 95.7 Å². The van der Waals surface area contributed by atoms with Crippen molar-refractivity contribution < 1.29 is 0 Å². The number of aryl methyl sites for hydroxylation is 1. The van der Waals surface area contributed by atoms with E-state index in [1.54, 1.807) is 0 Å². The SMILES string of the molecule is N/C(=C/CCc1ccc2ccccc2c1)C(c1ccccc1)C(NC1CCCCC1)NC1CCCCC1. The van der Waals surface area contributed by atoms with Crippen molar-refractivity contribution in [1.29, 1.82) is 0 Å². The predicted molar refractivity (Wildman–Crippen MR) is 158 cm³/mol. The zero-order valence-electron chi connectivity index (χ0n) is 22.4. The van der Waals surface area contributed by atoms with Gasteiger partial charge in [0.2, 0.25) is 0 Å². The molecule has 2 aliphatic carbocycles. The monoisotopic (exact) mass is 495 g/mol. The van der Waals surface area contributed by atoms with Gasteiger partial charge >= 0.3 is 0 Å². The van der Waals surface area contributed by atoms with E-state index in [-0.39, 0.29) is 12.1 Å². The molecular weight excluding hydrogens is 450 g/mol. The quantitative estimate of drug-likeness (QED) is 0.254. The lowest BCUT2D eigenvalue weighted by atomic mass is 9.87. The second-order valence-corrected chi connectivity index (χ2v) is 11.3. The van der Waals surface area contributed by atoms with E-state index in [9.17, 15) is 0 Å². The Labute approximate surface area is 223 Å². The molecular formula is C34H45N3. The van der Waals surface area contributed by atoms with Gasteiger partial charge in [-0.05, 0) is 60.4 Å². The van der Waals surface area contributed by atoms with E-state index in [1.807, 2.05) is 0 Å². The molecule has 2 saturated carbocycles. The molecule has 5 rings (SSSR count).